The number of carbonyl (C=O) groups is 2. The van der Waals surface area contributed by atoms with Gasteiger partial charge < -0.3 is 19.1 Å². The molecule has 28 heavy (non-hydrogen) atoms. The molecule has 2 heterocycles. The quantitative estimate of drug-likeness (QED) is 0.807. The molecular weight excluding hydrogens is 362 g/mol. The Morgan fingerprint density at radius 2 is 1.86 bits per heavy atom. The Hall–Kier alpha value is -3.13. The SMILES string of the molecule is COC(=O)C1=C(C(=O)OC)N(c2ccc(-c3n[nH]c4c3CCC4)cc2)COC1. The molecule has 0 amide bonds. The number of aromatic amines is 1. The van der Waals surface area contributed by atoms with E-state index in [2.05, 4.69) is 10.2 Å². The van der Waals surface area contributed by atoms with Crippen LogP contribution in [0.2, 0.25) is 0 Å². The number of ether oxygens (including phenoxy) is 3. The predicted octanol–water partition coefficient (Wildman–Crippen LogP) is 1.96. The third-order valence-electron chi connectivity index (χ3n) is 5.09. The summed E-state index contributed by atoms with van der Waals surface area (Å²) >= 11 is 0. The number of hydrogen-bond acceptors (Lipinski definition) is 7. The number of H-pyrrole nitrogens is 1. The van der Waals surface area contributed by atoms with Crippen molar-refractivity contribution in [2.45, 2.75) is 19.3 Å². The summed E-state index contributed by atoms with van der Waals surface area (Å²) in [4.78, 5) is 26.1. The van der Waals surface area contributed by atoms with Crippen molar-refractivity contribution in [1.82, 2.24) is 10.2 Å². The number of methoxy groups -OCH3 is 2. The Kier molecular flexibility index (Phi) is 4.87. The summed E-state index contributed by atoms with van der Waals surface area (Å²) in [5, 5.41) is 7.56. The minimum Gasteiger partial charge on any atom is -0.466 e. The highest BCUT2D eigenvalue weighted by Gasteiger charge is 2.32. The van der Waals surface area contributed by atoms with Gasteiger partial charge in [0.25, 0.3) is 0 Å². The zero-order valence-corrected chi connectivity index (χ0v) is 15.8. The van der Waals surface area contributed by atoms with Gasteiger partial charge in [0, 0.05) is 22.5 Å². The molecular formula is C20H21N3O5. The molecule has 2 aromatic rings. The van der Waals surface area contributed by atoms with E-state index in [4.69, 9.17) is 14.2 Å². The number of carbonyl (C=O) groups excluding carboxylic acids is 2. The molecule has 1 N–H and O–H groups in total. The summed E-state index contributed by atoms with van der Waals surface area (Å²) in [6, 6.07) is 7.65. The van der Waals surface area contributed by atoms with Crippen LogP contribution in [0.1, 0.15) is 17.7 Å². The fraction of sp³-hybridized carbons (Fsp3) is 0.350. The summed E-state index contributed by atoms with van der Waals surface area (Å²) in [7, 11) is 2.54. The number of fused-ring (bicyclic) bond motifs is 1. The Morgan fingerprint density at radius 3 is 2.57 bits per heavy atom. The van der Waals surface area contributed by atoms with E-state index >= 15 is 0 Å². The van der Waals surface area contributed by atoms with Gasteiger partial charge in [-0.1, -0.05) is 12.1 Å². The number of rotatable bonds is 4. The minimum absolute atomic E-state index is 0.00883. The summed E-state index contributed by atoms with van der Waals surface area (Å²) < 4.78 is 15.2. The Bertz CT molecular complexity index is 945. The van der Waals surface area contributed by atoms with E-state index in [1.807, 2.05) is 24.3 Å². The van der Waals surface area contributed by atoms with Crippen LogP contribution in [-0.4, -0.2) is 49.7 Å². The van der Waals surface area contributed by atoms with Crippen molar-refractivity contribution >= 4 is 17.6 Å². The third-order valence-corrected chi connectivity index (χ3v) is 5.09. The van der Waals surface area contributed by atoms with Gasteiger partial charge in [0.2, 0.25) is 0 Å². The highest BCUT2D eigenvalue weighted by molar-refractivity contribution is 6.03. The predicted molar refractivity (Wildman–Crippen MR) is 100 cm³/mol. The zero-order chi connectivity index (χ0) is 19.7. The second-order valence-electron chi connectivity index (χ2n) is 6.65. The molecule has 1 aliphatic heterocycles. The van der Waals surface area contributed by atoms with Gasteiger partial charge in [0.1, 0.15) is 12.4 Å². The lowest BCUT2D eigenvalue weighted by Gasteiger charge is -2.31. The number of hydrogen-bond donors (Lipinski definition) is 1. The number of esters is 2. The van der Waals surface area contributed by atoms with Gasteiger partial charge in [0.05, 0.1) is 32.1 Å². The molecule has 1 aromatic carbocycles. The maximum atomic E-state index is 12.4. The van der Waals surface area contributed by atoms with Crippen LogP contribution in [-0.2, 0) is 36.6 Å². The lowest BCUT2D eigenvalue weighted by Crippen LogP contribution is -2.38. The average molecular weight is 383 g/mol. The van der Waals surface area contributed by atoms with E-state index in [1.165, 1.54) is 25.5 Å². The molecule has 0 radical (unpaired) electrons. The smallest absolute Gasteiger partial charge is 0.355 e. The number of nitrogens with zero attached hydrogens (tertiary/aromatic N) is 2. The molecule has 0 bridgehead atoms. The molecule has 0 unspecified atom stereocenters. The van der Waals surface area contributed by atoms with Crippen LogP contribution in [0.4, 0.5) is 5.69 Å². The molecule has 4 rings (SSSR count). The molecule has 0 saturated heterocycles. The molecule has 0 spiro atoms. The van der Waals surface area contributed by atoms with Crippen molar-refractivity contribution in [3.63, 3.8) is 0 Å². The van der Waals surface area contributed by atoms with Crippen molar-refractivity contribution in [3.05, 3.63) is 46.8 Å². The average Bonchev–Trinajstić information content (AvgIpc) is 3.36. The second-order valence-corrected chi connectivity index (χ2v) is 6.65. The first-order valence-corrected chi connectivity index (χ1v) is 9.05. The van der Waals surface area contributed by atoms with Gasteiger partial charge in [0.15, 0.2) is 0 Å². The van der Waals surface area contributed by atoms with Crippen molar-refractivity contribution in [3.8, 4) is 11.3 Å². The molecule has 0 atom stereocenters. The number of aromatic nitrogens is 2. The molecule has 2 aliphatic rings. The molecule has 0 saturated carbocycles. The van der Waals surface area contributed by atoms with Gasteiger partial charge in [-0.05, 0) is 31.4 Å². The van der Waals surface area contributed by atoms with E-state index in [0.29, 0.717) is 5.69 Å². The summed E-state index contributed by atoms with van der Waals surface area (Å²) in [5.74, 6) is -1.23. The van der Waals surface area contributed by atoms with Gasteiger partial charge in [-0.3, -0.25) is 5.10 Å². The number of nitrogens with one attached hydrogen (secondary N) is 1. The van der Waals surface area contributed by atoms with Crippen LogP contribution in [0.15, 0.2) is 35.5 Å². The topological polar surface area (TPSA) is 93.8 Å². The molecule has 1 aliphatic carbocycles. The first kappa shape index (κ1) is 18.2. The third kappa shape index (κ3) is 3.05. The van der Waals surface area contributed by atoms with E-state index in [-0.39, 0.29) is 24.6 Å². The van der Waals surface area contributed by atoms with Gasteiger partial charge >= 0.3 is 11.9 Å². The Labute approximate surface area is 162 Å². The highest BCUT2D eigenvalue weighted by Crippen LogP contribution is 2.32. The van der Waals surface area contributed by atoms with Crippen LogP contribution in [0.25, 0.3) is 11.3 Å². The van der Waals surface area contributed by atoms with Crippen LogP contribution >= 0.6 is 0 Å². The lowest BCUT2D eigenvalue weighted by atomic mass is 10.1. The van der Waals surface area contributed by atoms with E-state index in [9.17, 15) is 9.59 Å². The van der Waals surface area contributed by atoms with E-state index in [1.54, 1.807) is 4.90 Å². The van der Waals surface area contributed by atoms with Crippen molar-refractivity contribution in [2.75, 3.05) is 32.5 Å². The molecule has 8 nitrogen and oxygen atoms in total. The van der Waals surface area contributed by atoms with Crippen LogP contribution in [0.3, 0.4) is 0 Å². The first-order valence-electron chi connectivity index (χ1n) is 9.05. The first-order chi connectivity index (χ1) is 13.6. The van der Waals surface area contributed by atoms with Crippen LogP contribution in [0.5, 0.6) is 0 Å². The minimum atomic E-state index is -0.617. The molecule has 146 valence electrons. The summed E-state index contributed by atoms with van der Waals surface area (Å²) in [6.45, 7) is 0.118. The summed E-state index contributed by atoms with van der Waals surface area (Å²) in [6.07, 6.45) is 3.21. The largest absolute Gasteiger partial charge is 0.466 e. The van der Waals surface area contributed by atoms with Crippen LogP contribution < -0.4 is 4.90 Å². The van der Waals surface area contributed by atoms with Gasteiger partial charge in [-0.15, -0.1) is 0 Å². The molecule has 8 heteroatoms. The number of benzene rings is 1. The molecule has 1 aromatic heterocycles. The maximum absolute atomic E-state index is 12.4. The van der Waals surface area contributed by atoms with Crippen LogP contribution in [0, 0.1) is 0 Å². The number of anilines is 1. The Morgan fingerprint density at radius 1 is 1.11 bits per heavy atom. The fourth-order valence-corrected chi connectivity index (χ4v) is 3.70. The fourth-order valence-electron chi connectivity index (χ4n) is 3.70. The van der Waals surface area contributed by atoms with Gasteiger partial charge in [-0.25, -0.2) is 9.59 Å². The highest BCUT2D eigenvalue weighted by atomic mass is 16.5. The van der Waals surface area contributed by atoms with Gasteiger partial charge in [-0.2, -0.15) is 5.10 Å². The molecule has 0 fully saturated rings. The van der Waals surface area contributed by atoms with Crippen molar-refractivity contribution in [1.29, 1.82) is 0 Å². The van der Waals surface area contributed by atoms with E-state index < -0.39 is 11.9 Å². The van der Waals surface area contributed by atoms with E-state index in [0.717, 1.165) is 30.5 Å². The van der Waals surface area contributed by atoms with Crippen molar-refractivity contribution < 1.29 is 23.8 Å². The number of aryl methyl sites for hydroxylation is 1. The normalized spacial score (nSPS) is 16.1. The standard InChI is InChI=1S/C20H21N3O5/c1-26-19(24)15-10-28-11-23(18(15)20(25)27-2)13-8-6-12(7-9-13)17-14-4-3-5-16(14)21-22-17/h6-9H,3-5,10-11H2,1-2H3,(H,21,22). The zero-order valence-electron chi connectivity index (χ0n) is 15.8. The van der Waals surface area contributed by atoms with Crippen molar-refractivity contribution in [2.24, 2.45) is 0 Å². The second kappa shape index (κ2) is 7.47. The maximum Gasteiger partial charge on any atom is 0.355 e. The Balaban J connectivity index is 1.69. The lowest BCUT2D eigenvalue weighted by molar-refractivity contribution is -0.140. The monoisotopic (exact) mass is 383 g/mol. The summed E-state index contributed by atoms with van der Waals surface area (Å²) in [5.41, 5.74) is 5.42.